The second-order valence-corrected chi connectivity index (χ2v) is 5.15. The molecule has 0 aromatic heterocycles. The van der Waals surface area contributed by atoms with Crippen molar-refractivity contribution in [1.82, 2.24) is 0 Å². The molecule has 1 N–H and O–H groups in total. The zero-order valence-corrected chi connectivity index (χ0v) is 12.3. The van der Waals surface area contributed by atoms with Crippen LogP contribution in [0.25, 0.3) is 0 Å². The number of hydrogen-bond acceptors (Lipinski definition) is 1. The Labute approximate surface area is 128 Å². The molecule has 1 amide bonds. The second-order valence-electron chi connectivity index (χ2n) is 4.74. The molecule has 116 valence electrons. The summed E-state index contributed by atoms with van der Waals surface area (Å²) >= 11 is 5.98. The first-order valence-electron chi connectivity index (χ1n) is 6.13. The minimum Gasteiger partial charge on any atom is -0.320 e. The molecule has 7 heteroatoms. The summed E-state index contributed by atoms with van der Waals surface area (Å²) < 4.78 is 52.8. The number of anilines is 1. The predicted molar refractivity (Wildman–Crippen MR) is 75.2 cm³/mol. The van der Waals surface area contributed by atoms with Crippen LogP contribution in [0.3, 0.4) is 0 Å². The summed E-state index contributed by atoms with van der Waals surface area (Å²) in [4.78, 5) is 12.0. The van der Waals surface area contributed by atoms with E-state index in [0.29, 0.717) is 11.6 Å². The fourth-order valence-electron chi connectivity index (χ4n) is 1.99. The van der Waals surface area contributed by atoms with Crippen LogP contribution >= 0.6 is 11.6 Å². The van der Waals surface area contributed by atoms with Gasteiger partial charge in [0, 0.05) is 0 Å². The molecule has 0 aliphatic carbocycles. The lowest BCUT2D eigenvalue weighted by atomic mass is 10.1. The molecule has 0 radical (unpaired) electrons. The average Bonchev–Trinajstić information content (AvgIpc) is 2.44. The molecule has 2 aromatic rings. The van der Waals surface area contributed by atoms with Gasteiger partial charge < -0.3 is 5.32 Å². The molecule has 0 atom stereocenters. The minimum atomic E-state index is -2.04. The van der Waals surface area contributed by atoms with Crippen molar-refractivity contribution < 1.29 is 22.4 Å². The van der Waals surface area contributed by atoms with Crippen LogP contribution in [0.2, 0.25) is 5.02 Å². The summed E-state index contributed by atoms with van der Waals surface area (Å²) in [7, 11) is 0. The monoisotopic (exact) mass is 331 g/mol. The van der Waals surface area contributed by atoms with Crippen LogP contribution in [-0.4, -0.2) is 5.91 Å². The molecular weight excluding hydrogens is 322 g/mol. The molecule has 0 spiro atoms. The normalized spacial score (nSPS) is 10.7. The smallest absolute Gasteiger partial charge is 0.258 e. The molecule has 0 saturated heterocycles. The van der Waals surface area contributed by atoms with Crippen LogP contribution in [0.5, 0.6) is 0 Å². The first-order chi connectivity index (χ1) is 10.2. The number of benzene rings is 2. The minimum absolute atomic E-state index is 0.182. The number of halogens is 5. The highest BCUT2D eigenvalue weighted by Gasteiger charge is 2.23. The summed E-state index contributed by atoms with van der Waals surface area (Å²) in [6.45, 7) is 3.44. The van der Waals surface area contributed by atoms with Crippen molar-refractivity contribution in [3.63, 3.8) is 0 Å². The Morgan fingerprint density at radius 3 is 2.23 bits per heavy atom. The van der Waals surface area contributed by atoms with Gasteiger partial charge >= 0.3 is 0 Å². The van der Waals surface area contributed by atoms with Gasteiger partial charge in [-0.1, -0.05) is 17.7 Å². The van der Waals surface area contributed by atoms with Gasteiger partial charge in [-0.2, -0.15) is 0 Å². The largest absolute Gasteiger partial charge is 0.320 e. The van der Waals surface area contributed by atoms with Crippen molar-refractivity contribution in [1.29, 1.82) is 0 Å². The third-order valence-electron chi connectivity index (χ3n) is 3.02. The van der Waals surface area contributed by atoms with E-state index in [1.807, 2.05) is 0 Å². The summed E-state index contributed by atoms with van der Waals surface area (Å²) in [6.07, 6.45) is 0. The lowest BCUT2D eigenvalue weighted by Gasteiger charge is -2.12. The third-order valence-corrected chi connectivity index (χ3v) is 3.32. The number of hydrogen-bond donors (Lipinski definition) is 1. The summed E-state index contributed by atoms with van der Waals surface area (Å²) in [5, 5.41) is 2.46. The van der Waals surface area contributed by atoms with Gasteiger partial charge in [-0.25, -0.2) is 17.6 Å². The van der Waals surface area contributed by atoms with Gasteiger partial charge in [0.1, 0.15) is 0 Å². The highest BCUT2D eigenvalue weighted by Crippen LogP contribution is 2.28. The lowest BCUT2D eigenvalue weighted by Crippen LogP contribution is -2.17. The van der Waals surface area contributed by atoms with Crippen molar-refractivity contribution in [2.45, 2.75) is 13.8 Å². The molecule has 0 saturated carbocycles. The van der Waals surface area contributed by atoms with Crippen LogP contribution in [-0.2, 0) is 0 Å². The Balaban J connectivity index is 2.43. The molecule has 0 heterocycles. The standard InChI is InChI=1S/C15H10ClF4NO/c1-6-3-7(2)14(9(16)4-6)21-15(22)8-5-10(17)12(19)13(20)11(8)18/h3-5H,1-2H3,(H,21,22). The van der Waals surface area contributed by atoms with E-state index in [9.17, 15) is 22.4 Å². The van der Waals surface area contributed by atoms with Crippen LogP contribution in [0.4, 0.5) is 23.2 Å². The number of amides is 1. The van der Waals surface area contributed by atoms with Crippen molar-refractivity contribution in [2.24, 2.45) is 0 Å². The zero-order chi connectivity index (χ0) is 16.6. The number of aryl methyl sites for hydroxylation is 2. The van der Waals surface area contributed by atoms with Crippen LogP contribution in [0.15, 0.2) is 18.2 Å². The summed E-state index contributed by atoms with van der Waals surface area (Å²) in [6, 6.07) is 3.57. The molecule has 0 fully saturated rings. The van der Waals surface area contributed by atoms with Crippen molar-refractivity contribution >= 4 is 23.2 Å². The van der Waals surface area contributed by atoms with E-state index in [0.717, 1.165) is 5.56 Å². The molecule has 2 nitrogen and oxygen atoms in total. The maximum Gasteiger partial charge on any atom is 0.258 e. The molecule has 0 aliphatic rings. The van der Waals surface area contributed by atoms with Crippen molar-refractivity contribution in [3.05, 3.63) is 63.2 Å². The van der Waals surface area contributed by atoms with Gasteiger partial charge in [0.2, 0.25) is 0 Å². The van der Waals surface area contributed by atoms with E-state index < -0.39 is 34.7 Å². The Morgan fingerprint density at radius 1 is 1.00 bits per heavy atom. The fraction of sp³-hybridized carbons (Fsp3) is 0.133. The van der Waals surface area contributed by atoms with Gasteiger partial charge in [0.05, 0.1) is 16.3 Å². The molecule has 0 aliphatic heterocycles. The van der Waals surface area contributed by atoms with Crippen molar-refractivity contribution in [2.75, 3.05) is 5.32 Å². The first-order valence-corrected chi connectivity index (χ1v) is 6.51. The van der Waals surface area contributed by atoms with E-state index in [4.69, 9.17) is 11.6 Å². The van der Waals surface area contributed by atoms with Crippen LogP contribution in [0.1, 0.15) is 21.5 Å². The van der Waals surface area contributed by atoms with E-state index in [2.05, 4.69) is 5.32 Å². The third kappa shape index (κ3) is 2.92. The van der Waals surface area contributed by atoms with E-state index >= 15 is 0 Å². The summed E-state index contributed by atoms with van der Waals surface area (Å²) in [5.41, 5.74) is 0.654. The summed E-state index contributed by atoms with van der Waals surface area (Å²) in [5.74, 6) is -8.58. The topological polar surface area (TPSA) is 29.1 Å². The molecule has 22 heavy (non-hydrogen) atoms. The van der Waals surface area contributed by atoms with E-state index in [-0.39, 0.29) is 10.7 Å². The number of nitrogens with one attached hydrogen (secondary N) is 1. The SMILES string of the molecule is Cc1cc(C)c(NC(=O)c2cc(F)c(F)c(F)c2F)c(Cl)c1. The lowest BCUT2D eigenvalue weighted by molar-refractivity contribution is 0.102. The fourth-order valence-corrected chi connectivity index (χ4v) is 2.36. The van der Waals surface area contributed by atoms with Gasteiger partial charge in [0.25, 0.3) is 5.91 Å². The van der Waals surface area contributed by atoms with E-state index in [1.165, 1.54) is 0 Å². The maximum atomic E-state index is 13.6. The second kappa shape index (κ2) is 5.96. The number of carbonyl (C=O) groups excluding carboxylic acids is 1. The zero-order valence-electron chi connectivity index (χ0n) is 11.5. The molecule has 0 bridgehead atoms. The van der Waals surface area contributed by atoms with Gasteiger partial charge in [-0.05, 0) is 37.1 Å². The van der Waals surface area contributed by atoms with E-state index in [1.54, 1.807) is 26.0 Å². The Kier molecular flexibility index (Phi) is 4.42. The van der Waals surface area contributed by atoms with Gasteiger partial charge in [0.15, 0.2) is 23.3 Å². The van der Waals surface area contributed by atoms with Crippen LogP contribution < -0.4 is 5.32 Å². The van der Waals surface area contributed by atoms with Gasteiger partial charge in [-0.3, -0.25) is 4.79 Å². The maximum absolute atomic E-state index is 13.6. The Morgan fingerprint density at radius 2 is 1.64 bits per heavy atom. The number of carbonyl (C=O) groups is 1. The Hall–Kier alpha value is -2.08. The predicted octanol–water partition coefficient (Wildman–Crippen LogP) is 4.77. The first kappa shape index (κ1) is 16.3. The van der Waals surface area contributed by atoms with Crippen LogP contribution in [0, 0.1) is 37.1 Å². The Bertz CT molecular complexity index is 754. The van der Waals surface area contributed by atoms with Crippen molar-refractivity contribution in [3.8, 4) is 0 Å². The molecule has 2 aromatic carbocycles. The quantitative estimate of drug-likeness (QED) is 0.479. The van der Waals surface area contributed by atoms with Gasteiger partial charge in [-0.15, -0.1) is 0 Å². The molecular formula is C15H10ClF4NO. The molecule has 2 rings (SSSR count). The molecule has 0 unspecified atom stereocenters. The highest BCUT2D eigenvalue weighted by molar-refractivity contribution is 6.34. The highest BCUT2D eigenvalue weighted by atomic mass is 35.5. The number of rotatable bonds is 2. The average molecular weight is 332 g/mol.